The zero-order valence-electron chi connectivity index (χ0n) is 20.5. The van der Waals surface area contributed by atoms with E-state index in [1.807, 2.05) is 11.9 Å². The Balaban J connectivity index is 1.56. The van der Waals surface area contributed by atoms with Crippen molar-refractivity contribution in [1.82, 2.24) is 29.4 Å². The molecule has 1 aliphatic rings. The number of imidazole rings is 1. The molecule has 0 spiro atoms. The summed E-state index contributed by atoms with van der Waals surface area (Å²) >= 11 is 0. The van der Waals surface area contributed by atoms with Crippen LogP contribution in [0.5, 0.6) is 0 Å². The third-order valence-electron chi connectivity index (χ3n) is 6.10. The standard InChI is InChI=1S/C24H25F6N7O/c1-35-10-8-17(15(25)12-35)32-20-7-3-6-19-14(11-24(28,29)30)16(34-37(19)20)5-4-9-31-23(38)18-13-36(2)22(33-18)21(26)27/h3,6-7,13,15,17,21,32H,8-12H2,1-2H3,(H,31,38)/t15-,17+/m0/s1. The highest BCUT2D eigenvalue weighted by atomic mass is 19.4. The summed E-state index contributed by atoms with van der Waals surface area (Å²) in [5.41, 5.74) is -0.391. The number of carbonyl (C=O) groups excluding carboxylic acids is 1. The second kappa shape index (κ2) is 10.9. The fourth-order valence-corrected chi connectivity index (χ4v) is 4.25. The molecule has 3 aromatic rings. The summed E-state index contributed by atoms with van der Waals surface area (Å²) < 4.78 is 82.8. The van der Waals surface area contributed by atoms with Crippen molar-refractivity contribution in [2.75, 3.05) is 32.0 Å². The zero-order chi connectivity index (χ0) is 27.6. The van der Waals surface area contributed by atoms with Gasteiger partial charge in [0.2, 0.25) is 0 Å². The number of rotatable bonds is 6. The lowest BCUT2D eigenvalue weighted by molar-refractivity contribution is -0.127. The molecule has 3 aromatic heterocycles. The van der Waals surface area contributed by atoms with Crippen molar-refractivity contribution < 1.29 is 31.1 Å². The number of carbonyl (C=O) groups is 1. The van der Waals surface area contributed by atoms with Crippen LogP contribution in [0.1, 0.15) is 40.4 Å². The molecule has 2 N–H and O–H groups in total. The number of anilines is 1. The van der Waals surface area contributed by atoms with Gasteiger partial charge < -0.3 is 20.1 Å². The van der Waals surface area contributed by atoms with Crippen LogP contribution >= 0.6 is 0 Å². The summed E-state index contributed by atoms with van der Waals surface area (Å²) in [4.78, 5) is 17.6. The topological polar surface area (TPSA) is 79.5 Å². The molecule has 0 aromatic carbocycles. The van der Waals surface area contributed by atoms with E-state index in [4.69, 9.17) is 0 Å². The van der Waals surface area contributed by atoms with Crippen LogP contribution in [0.3, 0.4) is 0 Å². The first-order valence-electron chi connectivity index (χ1n) is 11.7. The normalized spacial score (nSPS) is 18.4. The van der Waals surface area contributed by atoms with Crippen LogP contribution in [0, 0.1) is 11.8 Å². The van der Waals surface area contributed by atoms with Gasteiger partial charge in [0.15, 0.2) is 5.82 Å². The maximum Gasteiger partial charge on any atom is 0.393 e. The Morgan fingerprint density at radius 1 is 1.26 bits per heavy atom. The minimum Gasteiger partial charge on any atom is -0.364 e. The van der Waals surface area contributed by atoms with Gasteiger partial charge in [-0.25, -0.2) is 22.7 Å². The summed E-state index contributed by atoms with van der Waals surface area (Å²) in [6.45, 7) is 0.607. The highest BCUT2D eigenvalue weighted by Gasteiger charge is 2.32. The van der Waals surface area contributed by atoms with Gasteiger partial charge in [0.25, 0.3) is 12.3 Å². The van der Waals surface area contributed by atoms with Gasteiger partial charge >= 0.3 is 6.18 Å². The molecule has 0 bridgehead atoms. The summed E-state index contributed by atoms with van der Waals surface area (Å²) in [7, 11) is 3.13. The number of aromatic nitrogens is 4. The van der Waals surface area contributed by atoms with E-state index in [9.17, 15) is 31.1 Å². The minimum atomic E-state index is -4.54. The average molecular weight is 542 g/mol. The van der Waals surface area contributed by atoms with Gasteiger partial charge in [-0.05, 0) is 31.5 Å². The van der Waals surface area contributed by atoms with Gasteiger partial charge in [0.1, 0.15) is 23.4 Å². The number of pyridine rings is 1. The van der Waals surface area contributed by atoms with Crippen LogP contribution in [0.2, 0.25) is 0 Å². The number of hydrogen-bond acceptors (Lipinski definition) is 5. The number of hydrogen-bond donors (Lipinski definition) is 2. The van der Waals surface area contributed by atoms with Crippen molar-refractivity contribution in [3.05, 3.63) is 47.2 Å². The molecule has 1 amide bonds. The van der Waals surface area contributed by atoms with Crippen LogP contribution in [0.15, 0.2) is 24.4 Å². The number of alkyl halides is 6. The third-order valence-corrected chi connectivity index (χ3v) is 6.10. The van der Waals surface area contributed by atoms with E-state index in [1.54, 1.807) is 12.1 Å². The smallest absolute Gasteiger partial charge is 0.364 e. The molecule has 0 aliphatic carbocycles. The number of piperidine rings is 1. The van der Waals surface area contributed by atoms with Crippen LogP contribution in [0.4, 0.5) is 32.2 Å². The predicted octanol–water partition coefficient (Wildman–Crippen LogP) is 3.35. The molecule has 0 unspecified atom stereocenters. The fourth-order valence-electron chi connectivity index (χ4n) is 4.25. The quantitative estimate of drug-likeness (QED) is 0.370. The first-order valence-corrected chi connectivity index (χ1v) is 11.7. The molecule has 8 nitrogen and oxygen atoms in total. The van der Waals surface area contributed by atoms with E-state index in [-0.39, 0.29) is 35.6 Å². The Bertz CT molecular complexity index is 1370. The van der Waals surface area contributed by atoms with Gasteiger partial charge in [-0.2, -0.15) is 18.3 Å². The third kappa shape index (κ3) is 6.21. The molecule has 14 heteroatoms. The minimum absolute atomic E-state index is 0.149. The molecule has 204 valence electrons. The summed E-state index contributed by atoms with van der Waals surface area (Å²) in [6.07, 6.45) is -8.23. The fraction of sp³-hybridized carbons (Fsp3) is 0.458. The lowest BCUT2D eigenvalue weighted by atomic mass is 10.0. The van der Waals surface area contributed by atoms with Crippen molar-refractivity contribution in [1.29, 1.82) is 0 Å². The SMILES string of the molecule is CN1CC[C@@H](Nc2cccc3c(CC(F)(F)F)c(C#CCNC(=O)c4cn(C)c(C(F)F)n4)nn23)[C@@H](F)C1. The van der Waals surface area contributed by atoms with Crippen LogP contribution in [-0.2, 0) is 13.5 Å². The van der Waals surface area contributed by atoms with Gasteiger partial charge in [0.05, 0.1) is 24.5 Å². The van der Waals surface area contributed by atoms with Gasteiger partial charge in [-0.3, -0.25) is 4.79 Å². The van der Waals surface area contributed by atoms with E-state index in [1.165, 1.54) is 17.6 Å². The van der Waals surface area contributed by atoms with Crippen molar-refractivity contribution in [3.63, 3.8) is 0 Å². The number of nitrogens with zero attached hydrogens (tertiary/aromatic N) is 5. The predicted molar refractivity (Wildman–Crippen MR) is 127 cm³/mol. The molecule has 0 radical (unpaired) electrons. The number of amides is 1. The maximum atomic E-state index is 14.6. The van der Waals surface area contributed by atoms with Crippen molar-refractivity contribution in [3.8, 4) is 11.8 Å². The van der Waals surface area contributed by atoms with Crippen molar-refractivity contribution in [2.45, 2.75) is 37.7 Å². The summed E-state index contributed by atoms with van der Waals surface area (Å²) in [5.74, 6) is 4.10. The zero-order valence-corrected chi connectivity index (χ0v) is 20.5. The molecule has 38 heavy (non-hydrogen) atoms. The second-order valence-corrected chi connectivity index (χ2v) is 9.03. The number of nitrogens with one attached hydrogen (secondary N) is 2. The maximum absolute atomic E-state index is 14.6. The van der Waals surface area contributed by atoms with E-state index in [0.29, 0.717) is 18.8 Å². The Hall–Kier alpha value is -3.73. The highest BCUT2D eigenvalue weighted by molar-refractivity contribution is 5.92. The molecule has 4 heterocycles. The Morgan fingerprint density at radius 3 is 2.68 bits per heavy atom. The Kier molecular flexibility index (Phi) is 7.86. The van der Waals surface area contributed by atoms with Crippen molar-refractivity contribution >= 4 is 17.2 Å². The van der Waals surface area contributed by atoms with E-state index in [2.05, 4.69) is 32.6 Å². The molecule has 4 rings (SSSR count). The van der Waals surface area contributed by atoms with Crippen LogP contribution in [0.25, 0.3) is 5.52 Å². The van der Waals surface area contributed by atoms with Gasteiger partial charge in [-0.1, -0.05) is 12.0 Å². The van der Waals surface area contributed by atoms with E-state index in [0.717, 1.165) is 10.8 Å². The van der Waals surface area contributed by atoms with Crippen LogP contribution < -0.4 is 10.6 Å². The second-order valence-electron chi connectivity index (χ2n) is 9.03. The summed E-state index contributed by atoms with van der Waals surface area (Å²) in [6, 6.07) is 4.09. The van der Waals surface area contributed by atoms with Crippen molar-refractivity contribution in [2.24, 2.45) is 7.05 Å². The van der Waals surface area contributed by atoms with Gasteiger partial charge in [0, 0.05) is 31.9 Å². The van der Waals surface area contributed by atoms with Crippen LogP contribution in [-0.4, -0.2) is 75.0 Å². The summed E-state index contributed by atoms with van der Waals surface area (Å²) in [5, 5.41) is 9.69. The Labute approximate surface area is 214 Å². The first kappa shape index (κ1) is 27.3. The average Bonchev–Trinajstić information content (AvgIpc) is 3.39. The van der Waals surface area contributed by atoms with E-state index < -0.39 is 43.0 Å². The van der Waals surface area contributed by atoms with E-state index >= 15 is 0 Å². The lowest BCUT2D eigenvalue weighted by Crippen LogP contribution is -2.46. The molecule has 1 fully saturated rings. The lowest BCUT2D eigenvalue weighted by Gasteiger charge is -2.33. The largest absolute Gasteiger partial charge is 0.393 e. The molecule has 1 saturated heterocycles. The number of aryl methyl sites for hydroxylation is 1. The molecule has 1 aliphatic heterocycles. The molecule has 2 atom stereocenters. The molecule has 0 saturated carbocycles. The molecular weight excluding hydrogens is 516 g/mol. The Morgan fingerprint density at radius 2 is 2.03 bits per heavy atom. The van der Waals surface area contributed by atoms with Gasteiger partial charge in [-0.15, -0.1) is 0 Å². The number of likely N-dealkylation sites (tertiary alicyclic amines) is 1. The number of halogens is 6. The first-order chi connectivity index (χ1) is 17.9. The molecular formula is C24H25F6N7O. The highest BCUT2D eigenvalue weighted by Crippen LogP contribution is 2.28. The number of fused-ring (bicyclic) bond motifs is 1. The monoisotopic (exact) mass is 541 g/mol.